The first-order valence-electron chi connectivity index (χ1n) is 10.3. The summed E-state index contributed by atoms with van der Waals surface area (Å²) >= 11 is 1.12. The molecule has 2 heterocycles. The molecule has 0 bridgehead atoms. The van der Waals surface area contributed by atoms with E-state index in [4.69, 9.17) is 0 Å². The predicted molar refractivity (Wildman–Crippen MR) is 123 cm³/mol. The first-order chi connectivity index (χ1) is 15.8. The first kappa shape index (κ1) is 23.1. The number of carbonyl (C=O) groups is 2. The fraction of sp³-hybridized carbons (Fsp3) is 0.217. The third kappa shape index (κ3) is 5.29. The molecule has 1 N–H and O–H groups in total. The lowest BCUT2D eigenvalue weighted by Crippen LogP contribution is -2.50. The zero-order valence-electron chi connectivity index (χ0n) is 17.6. The highest BCUT2D eigenvalue weighted by Crippen LogP contribution is 2.26. The maximum atomic E-state index is 13.1. The summed E-state index contributed by atoms with van der Waals surface area (Å²) in [5, 5.41) is 2.79. The minimum absolute atomic E-state index is 0.174. The second-order valence-corrected chi connectivity index (χ2v) is 10.8. The van der Waals surface area contributed by atoms with E-state index in [0.717, 1.165) is 16.2 Å². The van der Waals surface area contributed by atoms with Crippen LogP contribution in [-0.2, 0) is 16.6 Å². The molecule has 0 atom stereocenters. The van der Waals surface area contributed by atoms with Crippen LogP contribution in [0.4, 0.5) is 4.39 Å². The van der Waals surface area contributed by atoms with Crippen LogP contribution < -0.4 is 5.32 Å². The van der Waals surface area contributed by atoms with E-state index in [9.17, 15) is 22.4 Å². The number of benzene rings is 2. The number of hydrogen-bond donors (Lipinski definition) is 1. The Labute approximate surface area is 195 Å². The number of piperazine rings is 1. The van der Waals surface area contributed by atoms with E-state index < -0.39 is 15.8 Å². The van der Waals surface area contributed by atoms with Gasteiger partial charge in [0.2, 0.25) is 0 Å². The van der Waals surface area contributed by atoms with Crippen LogP contribution in [0.1, 0.15) is 25.6 Å². The largest absolute Gasteiger partial charge is 0.347 e. The fourth-order valence-corrected chi connectivity index (χ4v) is 6.36. The fourth-order valence-electron chi connectivity index (χ4n) is 3.48. The normalized spacial score (nSPS) is 14.8. The summed E-state index contributed by atoms with van der Waals surface area (Å²) in [6.45, 7) is 1.08. The van der Waals surface area contributed by atoms with Gasteiger partial charge in [-0.2, -0.15) is 4.31 Å². The van der Waals surface area contributed by atoms with Crippen LogP contribution in [0.25, 0.3) is 0 Å². The molecule has 1 aromatic heterocycles. The highest BCUT2D eigenvalue weighted by atomic mass is 32.2. The van der Waals surface area contributed by atoms with Gasteiger partial charge in [0.1, 0.15) is 10.0 Å². The Balaban J connectivity index is 1.34. The molecule has 172 valence electrons. The van der Waals surface area contributed by atoms with Crippen molar-refractivity contribution >= 4 is 33.2 Å². The summed E-state index contributed by atoms with van der Waals surface area (Å²) in [4.78, 5) is 27.1. The number of hydrogen-bond acceptors (Lipinski definition) is 5. The van der Waals surface area contributed by atoms with Gasteiger partial charge in [-0.25, -0.2) is 12.8 Å². The van der Waals surface area contributed by atoms with Crippen molar-refractivity contribution in [3.63, 3.8) is 0 Å². The highest BCUT2D eigenvalue weighted by molar-refractivity contribution is 7.91. The van der Waals surface area contributed by atoms with Crippen molar-refractivity contribution < 1.29 is 22.4 Å². The Morgan fingerprint density at radius 1 is 0.879 bits per heavy atom. The van der Waals surface area contributed by atoms with E-state index in [-0.39, 0.29) is 48.7 Å². The maximum absolute atomic E-state index is 13.1. The van der Waals surface area contributed by atoms with Crippen LogP contribution in [0.3, 0.4) is 0 Å². The maximum Gasteiger partial charge on any atom is 0.253 e. The van der Waals surface area contributed by atoms with Gasteiger partial charge < -0.3 is 10.2 Å². The lowest BCUT2D eigenvalue weighted by Gasteiger charge is -2.33. The van der Waals surface area contributed by atoms with Crippen molar-refractivity contribution in [2.45, 2.75) is 10.8 Å². The van der Waals surface area contributed by atoms with Gasteiger partial charge >= 0.3 is 0 Å². The molecule has 0 saturated carbocycles. The predicted octanol–water partition coefficient (Wildman–Crippen LogP) is 2.96. The minimum Gasteiger partial charge on any atom is -0.347 e. The molecule has 0 spiro atoms. The summed E-state index contributed by atoms with van der Waals surface area (Å²) < 4.78 is 40.7. The molecule has 1 saturated heterocycles. The SMILES string of the molecule is O=C(NCc1ccc(S(=O)(=O)N2CCN(C(=O)c3ccc(F)cc3)CC2)s1)c1ccccc1. The van der Waals surface area contributed by atoms with Gasteiger partial charge in [0.15, 0.2) is 0 Å². The number of carbonyl (C=O) groups excluding carboxylic acids is 2. The Morgan fingerprint density at radius 2 is 1.55 bits per heavy atom. The first-order valence-corrected chi connectivity index (χ1v) is 12.6. The number of nitrogens with zero attached hydrogens (tertiary/aromatic N) is 2. The Morgan fingerprint density at radius 3 is 2.21 bits per heavy atom. The Bertz CT molecular complexity index is 1240. The molecule has 1 aliphatic heterocycles. The summed E-state index contributed by atoms with van der Waals surface area (Å²) in [6.07, 6.45) is 0. The average molecular weight is 488 g/mol. The van der Waals surface area contributed by atoms with Crippen LogP contribution >= 0.6 is 11.3 Å². The molecule has 0 unspecified atom stereocenters. The molecule has 2 aromatic carbocycles. The van der Waals surface area contributed by atoms with E-state index in [2.05, 4.69) is 5.32 Å². The van der Waals surface area contributed by atoms with Crippen molar-refractivity contribution in [3.05, 3.63) is 88.6 Å². The van der Waals surface area contributed by atoms with Gasteiger partial charge in [0, 0.05) is 42.2 Å². The summed E-state index contributed by atoms with van der Waals surface area (Å²) in [7, 11) is -3.70. The topological polar surface area (TPSA) is 86.8 Å². The van der Waals surface area contributed by atoms with E-state index >= 15 is 0 Å². The van der Waals surface area contributed by atoms with Crippen molar-refractivity contribution in [3.8, 4) is 0 Å². The smallest absolute Gasteiger partial charge is 0.253 e. The lowest BCUT2D eigenvalue weighted by atomic mass is 10.2. The molecule has 1 aliphatic rings. The lowest BCUT2D eigenvalue weighted by molar-refractivity contribution is 0.0697. The molecule has 0 radical (unpaired) electrons. The van der Waals surface area contributed by atoms with Crippen molar-refractivity contribution in [1.29, 1.82) is 0 Å². The van der Waals surface area contributed by atoms with Crippen LogP contribution in [0, 0.1) is 5.82 Å². The number of rotatable bonds is 6. The zero-order chi connectivity index (χ0) is 23.4. The minimum atomic E-state index is -3.70. The van der Waals surface area contributed by atoms with E-state index in [0.29, 0.717) is 11.1 Å². The average Bonchev–Trinajstić information content (AvgIpc) is 3.33. The van der Waals surface area contributed by atoms with Crippen molar-refractivity contribution in [1.82, 2.24) is 14.5 Å². The van der Waals surface area contributed by atoms with Crippen LogP contribution in [-0.4, -0.2) is 55.6 Å². The standard InChI is InChI=1S/C23H22FN3O4S2/c24-19-8-6-18(7-9-19)23(29)26-12-14-27(15-13-26)33(30,31)21-11-10-20(32-21)16-25-22(28)17-4-2-1-3-5-17/h1-11H,12-16H2,(H,25,28). The number of nitrogens with one attached hydrogen (secondary N) is 1. The van der Waals surface area contributed by atoms with E-state index in [1.54, 1.807) is 41.3 Å². The van der Waals surface area contributed by atoms with Gasteiger partial charge in [-0.15, -0.1) is 11.3 Å². The molecule has 1 fully saturated rings. The molecular weight excluding hydrogens is 465 g/mol. The molecule has 33 heavy (non-hydrogen) atoms. The van der Waals surface area contributed by atoms with Crippen molar-refractivity contribution in [2.24, 2.45) is 0 Å². The molecule has 10 heteroatoms. The van der Waals surface area contributed by atoms with Gasteiger partial charge in [-0.1, -0.05) is 18.2 Å². The quantitative estimate of drug-likeness (QED) is 0.579. The summed E-state index contributed by atoms with van der Waals surface area (Å²) in [5.74, 6) is -0.896. The third-order valence-corrected chi connectivity index (χ3v) is 8.76. The van der Waals surface area contributed by atoms with Gasteiger partial charge in [-0.05, 0) is 48.5 Å². The van der Waals surface area contributed by atoms with E-state index in [1.807, 2.05) is 6.07 Å². The highest BCUT2D eigenvalue weighted by Gasteiger charge is 2.31. The number of sulfonamides is 1. The third-order valence-electron chi connectivity index (χ3n) is 5.31. The van der Waals surface area contributed by atoms with E-state index in [1.165, 1.54) is 28.6 Å². The molecular formula is C23H22FN3O4S2. The zero-order valence-corrected chi connectivity index (χ0v) is 19.2. The Kier molecular flexibility index (Phi) is 6.87. The molecule has 0 aliphatic carbocycles. The molecule has 7 nitrogen and oxygen atoms in total. The number of thiophene rings is 1. The van der Waals surface area contributed by atoms with Gasteiger partial charge in [0.25, 0.3) is 21.8 Å². The summed E-state index contributed by atoms with van der Waals surface area (Å²) in [6, 6.07) is 17.3. The van der Waals surface area contributed by atoms with Crippen molar-refractivity contribution in [2.75, 3.05) is 26.2 Å². The number of amides is 2. The van der Waals surface area contributed by atoms with Crippen LogP contribution in [0.15, 0.2) is 70.9 Å². The van der Waals surface area contributed by atoms with Gasteiger partial charge in [-0.3, -0.25) is 9.59 Å². The molecule has 3 aromatic rings. The Hall–Kier alpha value is -3.08. The van der Waals surface area contributed by atoms with Crippen LogP contribution in [0.2, 0.25) is 0 Å². The van der Waals surface area contributed by atoms with Gasteiger partial charge in [0.05, 0.1) is 6.54 Å². The van der Waals surface area contributed by atoms with Crippen LogP contribution in [0.5, 0.6) is 0 Å². The monoisotopic (exact) mass is 487 g/mol. The molecule has 4 rings (SSSR count). The number of halogens is 1. The second kappa shape index (κ2) is 9.82. The molecule has 2 amide bonds. The summed E-state index contributed by atoms with van der Waals surface area (Å²) in [5.41, 5.74) is 0.906. The second-order valence-electron chi connectivity index (χ2n) is 7.47.